The topological polar surface area (TPSA) is 47.6 Å². The van der Waals surface area contributed by atoms with Crippen molar-refractivity contribution in [3.63, 3.8) is 0 Å². The van der Waals surface area contributed by atoms with Gasteiger partial charge in [-0.1, -0.05) is 26.5 Å². The van der Waals surface area contributed by atoms with E-state index in [0.717, 1.165) is 11.3 Å². The van der Waals surface area contributed by atoms with Crippen LogP contribution in [-0.2, 0) is 4.74 Å². The van der Waals surface area contributed by atoms with Crippen LogP contribution in [0.25, 0.3) is 6.08 Å². The Labute approximate surface area is 120 Å². The monoisotopic (exact) mass is 277 g/mol. The SMILES string of the molecule is C=Cc1cc(NC(=O)OCC(C)C)ccc1OC(C)C. The van der Waals surface area contributed by atoms with Gasteiger partial charge in [0.15, 0.2) is 0 Å². The molecule has 0 atom stereocenters. The third kappa shape index (κ3) is 5.34. The highest BCUT2D eigenvalue weighted by atomic mass is 16.5. The molecule has 0 spiro atoms. The molecule has 0 fully saturated rings. The average Bonchev–Trinajstić information content (AvgIpc) is 2.37. The molecule has 20 heavy (non-hydrogen) atoms. The van der Waals surface area contributed by atoms with Gasteiger partial charge in [-0.3, -0.25) is 5.32 Å². The second-order valence-corrected chi connectivity index (χ2v) is 5.24. The summed E-state index contributed by atoms with van der Waals surface area (Å²) in [6.45, 7) is 12.0. The predicted molar refractivity (Wildman–Crippen MR) is 82.1 cm³/mol. The van der Waals surface area contributed by atoms with Crippen molar-refractivity contribution in [3.05, 3.63) is 30.3 Å². The minimum Gasteiger partial charge on any atom is -0.490 e. The lowest BCUT2D eigenvalue weighted by atomic mass is 10.1. The smallest absolute Gasteiger partial charge is 0.411 e. The number of amides is 1. The van der Waals surface area contributed by atoms with Crippen molar-refractivity contribution in [1.82, 2.24) is 0 Å². The van der Waals surface area contributed by atoms with Crippen LogP contribution in [0.5, 0.6) is 5.75 Å². The summed E-state index contributed by atoms with van der Waals surface area (Å²) in [5.41, 5.74) is 1.49. The van der Waals surface area contributed by atoms with Crippen LogP contribution in [-0.4, -0.2) is 18.8 Å². The second kappa shape index (κ2) is 7.58. The van der Waals surface area contributed by atoms with E-state index >= 15 is 0 Å². The highest BCUT2D eigenvalue weighted by Gasteiger charge is 2.08. The van der Waals surface area contributed by atoms with Gasteiger partial charge in [0.2, 0.25) is 0 Å². The van der Waals surface area contributed by atoms with Crippen LogP contribution in [0.2, 0.25) is 0 Å². The van der Waals surface area contributed by atoms with Crippen LogP contribution >= 0.6 is 0 Å². The van der Waals surface area contributed by atoms with Crippen LogP contribution in [0, 0.1) is 5.92 Å². The normalized spacial score (nSPS) is 10.5. The van der Waals surface area contributed by atoms with Crippen molar-refractivity contribution in [2.75, 3.05) is 11.9 Å². The van der Waals surface area contributed by atoms with E-state index in [-0.39, 0.29) is 6.10 Å². The standard InChI is InChI=1S/C16H23NO3/c1-6-13-9-14(7-8-15(13)20-12(4)5)17-16(18)19-10-11(2)3/h6-9,11-12H,1,10H2,2-5H3,(H,17,18). The highest BCUT2D eigenvalue weighted by molar-refractivity contribution is 5.85. The number of nitrogens with one attached hydrogen (secondary N) is 1. The molecular weight excluding hydrogens is 254 g/mol. The predicted octanol–water partition coefficient (Wildman–Crippen LogP) is 4.32. The van der Waals surface area contributed by atoms with Crippen LogP contribution < -0.4 is 10.1 Å². The summed E-state index contributed by atoms with van der Waals surface area (Å²) in [5, 5.41) is 2.69. The van der Waals surface area contributed by atoms with E-state index in [4.69, 9.17) is 9.47 Å². The van der Waals surface area contributed by atoms with Crippen LogP contribution in [0.1, 0.15) is 33.3 Å². The molecule has 110 valence electrons. The molecule has 1 aromatic rings. The maximum atomic E-state index is 11.6. The van der Waals surface area contributed by atoms with E-state index in [2.05, 4.69) is 11.9 Å². The lowest BCUT2D eigenvalue weighted by Crippen LogP contribution is -2.16. The molecule has 0 unspecified atom stereocenters. The quantitative estimate of drug-likeness (QED) is 0.842. The van der Waals surface area contributed by atoms with Gasteiger partial charge < -0.3 is 9.47 Å². The first kappa shape index (κ1) is 16.1. The minimum atomic E-state index is -0.453. The van der Waals surface area contributed by atoms with Gasteiger partial charge in [-0.25, -0.2) is 4.79 Å². The number of rotatable bonds is 6. The molecule has 0 aliphatic heterocycles. The first-order valence-corrected chi connectivity index (χ1v) is 6.79. The summed E-state index contributed by atoms with van der Waals surface area (Å²) in [5.74, 6) is 1.06. The molecule has 1 amide bonds. The Bertz CT molecular complexity index is 467. The van der Waals surface area contributed by atoms with Gasteiger partial charge in [0.05, 0.1) is 12.7 Å². The fourth-order valence-corrected chi connectivity index (χ4v) is 1.54. The van der Waals surface area contributed by atoms with Crippen LogP contribution in [0.4, 0.5) is 10.5 Å². The number of anilines is 1. The van der Waals surface area contributed by atoms with Crippen LogP contribution in [0.3, 0.4) is 0 Å². The number of hydrogen-bond acceptors (Lipinski definition) is 3. The number of carbonyl (C=O) groups is 1. The van der Waals surface area contributed by atoms with E-state index in [0.29, 0.717) is 18.2 Å². The molecule has 0 radical (unpaired) electrons. The highest BCUT2D eigenvalue weighted by Crippen LogP contribution is 2.25. The van der Waals surface area contributed by atoms with Crippen LogP contribution in [0.15, 0.2) is 24.8 Å². The zero-order chi connectivity index (χ0) is 15.1. The first-order chi connectivity index (χ1) is 9.42. The number of carbonyl (C=O) groups excluding carboxylic acids is 1. The first-order valence-electron chi connectivity index (χ1n) is 6.79. The van der Waals surface area contributed by atoms with E-state index in [1.165, 1.54) is 0 Å². The maximum Gasteiger partial charge on any atom is 0.411 e. The van der Waals surface area contributed by atoms with Crippen molar-refractivity contribution >= 4 is 17.9 Å². The minimum absolute atomic E-state index is 0.0866. The van der Waals surface area contributed by atoms with E-state index < -0.39 is 6.09 Å². The Morgan fingerprint density at radius 2 is 2.05 bits per heavy atom. The Morgan fingerprint density at radius 1 is 1.35 bits per heavy atom. The molecule has 4 nitrogen and oxygen atoms in total. The zero-order valence-corrected chi connectivity index (χ0v) is 12.6. The Morgan fingerprint density at radius 3 is 2.60 bits per heavy atom. The molecule has 1 N–H and O–H groups in total. The zero-order valence-electron chi connectivity index (χ0n) is 12.6. The van der Waals surface area contributed by atoms with Gasteiger partial charge in [-0.2, -0.15) is 0 Å². The Kier molecular flexibility index (Phi) is 6.10. The van der Waals surface area contributed by atoms with Gasteiger partial charge in [0.25, 0.3) is 0 Å². The maximum absolute atomic E-state index is 11.6. The van der Waals surface area contributed by atoms with Crippen molar-refractivity contribution in [2.24, 2.45) is 5.92 Å². The van der Waals surface area contributed by atoms with Crippen molar-refractivity contribution in [2.45, 2.75) is 33.8 Å². The number of hydrogen-bond donors (Lipinski definition) is 1. The van der Waals surface area contributed by atoms with E-state index in [1.807, 2.05) is 33.8 Å². The van der Waals surface area contributed by atoms with Gasteiger partial charge >= 0.3 is 6.09 Å². The summed E-state index contributed by atoms with van der Waals surface area (Å²) in [4.78, 5) is 11.6. The molecule has 0 aliphatic rings. The summed E-state index contributed by atoms with van der Waals surface area (Å²) < 4.78 is 10.7. The second-order valence-electron chi connectivity index (χ2n) is 5.24. The Hall–Kier alpha value is -1.97. The molecule has 1 rings (SSSR count). The molecular formula is C16H23NO3. The molecule has 0 bridgehead atoms. The summed E-state index contributed by atoms with van der Waals surface area (Å²) >= 11 is 0. The summed E-state index contributed by atoms with van der Waals surface area (Å²) in [6.07, 6.45) is 1.33. The fraction of sp³-hybridized carbons (Fsp3) is 0.438. The van der Waals surface area contributed by atoms with E-state index in [1.54, 1.807) is 18.2 Å². The largest absolute Gasteiger partial charge is 0.490 e. The Balaban J connectivity index is 2.72. The summed E-state index contributed by atoms with van der Waals surface area (Å²) in [7, 11) is 0. The molecule has 0 saturated heterocycles. The third-order valence-corrected chi connectivity index (χ3v) is 2.39. The number of benzene rings is 1. The number of ether oxygens (including phenoxy) is 2. The molecule has 4 heteroatoms. The van der Waals surface area contributed by atoms with Gasteiger partial charge in [-0.05, 0) is 38.0 Å². The van der Waals surface area contributed by atoms with Gasteiger partial charge in [0.1, 0.15) is 5.75 Å². The molecule has 0 aliphatic carbocycles. The molecule has 1 aromatic carbocycles. The van der Waals surface area contributed by atoms with Crippen molar-refractivity contribution in [3.8, 4) is 5.75 Å². The van der Waals surface area contributed by atoms with E-state index in [9.17, 15) is 4.79 Å². The average molecular weight is 277 g/mol. The van der Waals surface area contributed by atoms with Crippen molar-refractivity contribution in [1.29, 1.82) is 0 Å². The fourth-order valence-electron chi connectivity index (χ4n) is 1.54. The third-order valence-electron chi connectivity index (χ3n) is 2.39. The molecule has 0 aromatic heterocycles. The lowest BCUT2D eigenvalue weighted by Gasteiger charge is -2.14. The van der Waals surface area contributed by atoms with Gasteiger partial charge in [-0.15, -0.1) is 0 Å². The molecule has 0 heterocycles. The molecule has 0 saturated carbocycles. The summed E-state index contributed by atoms with van der Waals surface area (Å²) in [6, 6.07) is 5.40. The van der Waals surface area contributed by atoms with Crippen molar-refractivity contribution < 1.29 is 14.3 Å². The van der Waals surface area contributed by atoms with Gasteiger partial charge in [0, 0.05) is 11.3 Å². The lowest BCUT2D eigenvalue weighted by molar-refractivity contribution is 0.147.